The molecule has 0 spiro atoms. The predicted molar refractivity (Wildman–Crippen MR) is 115 cm³/mol. The second-order valence-electron chi connectivity index (χ2n) is 7.62. The lowest BCUT2D eigenvalue weighted by molar-refractivity contribution is 0.0984. The highest BCUT2D eigenvalue weighted by atomic mass is 19.1. The number of aromatic nitrogens is 5. The van der Waals surface area contributed by atoms with Crippen molar-refractivity contribution in [2.75, 3.05) is 0 Å². The predicted octanol–water partition coefficient (Wildman–Crippen LogP) is 2.30. The average Bonchev–Trinajstić information content (AvgIpc) is 3.06. The minimum absolute atomic E-state index is 0.000497. The fraction of sp³-hybridized carbons (Fsp3) is 0.409. The van der Waals surface area contributed by atoms with Crippen LogP contribution in [0.5, 0.6) is 5.88 Å². The van der Waals surface area contributed by atoms with Crippen LogP contribution in [-0.2, 0) is 19.6 Å². The van der Waals surface area contributed by atoms with Crippen LogP contribution in [0.1, 0.15) is 53.8 Å². The van der Waals surface area contributed by atoms with E-state index in [2.05, 4.69) is 15.1 Å². The van der Waals surface area contributed by atoms with Gasteiger partial charge in [-0.3, -0.25) is 14.3 Å². The summed E-state index contributed by atoms with van der Waals surface area (Å²) in [5.74, 6) is -1.72. The largest absolute Gasteiger partial charge is 0.474 e. The Bertz CT molecular complexity index is 1200. The van der Waals surface area contributed by atoms with Crippen LogP contribution < -0.4 is 10.4 Å². The third-order valence-corrected chi connectivity index (χ3v) is 5.01. The summed E-state index contributed by atoms with van der Waals surface area (Å²) in [6.45, 7) is 8.62. The second-order valence-corrected chi connectivity index (χ2v) is 7.62. The van der Waals surface area contributed by atoms with E-state index in [4.69, 9.17) is 4.74 Å². The lowest BCUT2D eigenvalue weighted by Gasteiger charge is -2.15. The number of carbonyl (C=O) groups excluding carboxylic acids is 1. The number of aliphatic hydroxyl groups is 1. The minimum atomic E-state index is -0.906. The molecule has 3 aromatic heterocycles. The van der Waals surface area contributed by atoms with Crippen LogP contribution >= 0.6 is 0 Å². The van der Waals surface area contributed by atoms with Crippen molar-refractivity contribution in [2.24, 2.45) is 0 Å². The van der Waals surface area contributed by atoms with Gasteiger partial charge in [-0.15, -0.1) is 5.10 Å². The molecule has 3 heterocycles. The Balaban J connectivity index is 2.11. The zero-order valence-electron chi connectivity index (χ0n) is 18.7. The van der Waals surface area contributed by atoms with E-state index in [0.29, 0.717) is 5.69 Å². The first-order valence-corrected chi connectivity index (χ1v) is 10.3. The third kappa shape index (κ3) is 4.45. The molecule has 170 valence electrons. The average molecular weight is 443 g/mol. The van der Waals surface area contributed by atoms with Gasteiger partial charge in [0.05, 0.1) is 11.7 Å². The van der Waals surface area contributed by atoms with Gasteiger partial charge in [-0.25, -0.2) is 9.18 Å². The van der Waals surface area contributed by atoms with Gasteiger partial charge in [0.2, 0.25) is 5.88 Å². The molecule has 32 heavy (non-hydrogen) atoms. The fourth-order valence-electron chi connectivity index (χ4n) is 3.38. The van der Waals surface area contributed by atoms with Gasteiger partial charge >= 0.3 is 5.69 Å². The van der Waals surface area contributed by atoms with Crippen molar-refractivity contribution in [3.8, 4) is 11.7 Å². The molecule has 3 aromatic rings. The highest BCUT2D eigenvalue weighted by Crippen LogP contribution is 2.25. The van der Waals surface area contributed by atoms with Crippen molar-refractivity contribution in [3.05, 3.63) is 62.8 Å². The quantitative estimate of drug-likeness (QED) is 0.532. The smallest absolute Gasteiger partial charge is 0.352 e. The van der Waals surface area contributed by atoms with Crippen molar-refractivity contribution in [1.29, 1.82) is 0 Å². The summed E-state index contributed by atoms with van der Waals surface area (Å²) in [5.41, 5.74) is 1.67. The molecule has 0 bridgehead atoms. The number of hydrogen-bond acceptors (Lipinski definition) is 7. The van der Waals surface area contributed by atoms with Crippen LogP contribution in [0.25, 0.3) is 5.82 Å². The standard InChI is InChI=1S/C22H26FN5O4/c1-6-27-19(11-29)26-28(22(27)31)20-17(23)9-16(21(25-20)32-12(2)3)18(30)10-15-13(4)7-8-24-14(15)5/h7-9,12,29H,6,10-11H2,1-5H3. The van der Waals surface area contributed by atoms with Crippen molar-refractivity contribution in [1.82, 2.24) is 24.3 Å². The van der Waals surface area contributed by atoms with Crippen LogP contribution in [-0.4, -0.2) is 41.3 Å². The summed E-state index contributed by atoms with van der Waals surface area (Å²) in [4.78, 5) is 34.1. The number of carbonyl (C=O) groups is 1. The molecule has 0 aliphatic carbocycles. The molecular formula is C22H26FN5O4. The van der Waals surface area contributed by atoms with E-state index in [0.717, 1.165) is 21.9 Å². The van der Waals surface area contributed by atoms with Crippen molar-refractivity contribution in [3.63, 3.8) is 0 Å². The van der Waals surface area contributed by atoms with E-state index in [-0.39, 0.29) is 42.1 Å². The summed E-state index contributed by atoms with van der Waals surface area (Å²) in [6.07, 6.45) is 1.31. The molecular weight excluding hydrogens is 417 g/mol. The molecule has 0 unspecified atom stereocenters. The van der Waals surface area contributed by atoms with Gasteiger partial charge < -0.3 is 9.84 Å². The summed E-state index contributed by atoms with van der Waals surface area (Å²) in [6, 6.07) is 2.82. The number of ether oxygens (including phenoxy) is 1. The Morgan fingerprint density at radius 2 is 2.03 bits per heavy atom. The van der Waals surface area contributed by atoms with Gasteiger partial charge in [0.25, 0.3) is 0 Å². The summed E-state index contributed by atoms with van der Waals surface area (Å²) >= 11 is 0. The molecule has 0 aliphatic rings. The zero-order chi connectivity index (χ0) is 23.6. The van der Waals surface area contributed by atoms with Crippen LogP contribution in [0, 0.1) is 19.7 Å². The Labute approximate surface area is 184 Å². The third-order valence-electron chi connectivity index (χ3n) is 5.01. The Morgan fingerprint density at radius 1 is 1.31 bits per heavy atom. The molecule has 9 nitrogen and oxygen atoms in total. The number of halogens is 1. The van der Waals surface area contributed by atoms with Gasteiger partial charge in [-0.1, -0.05) is 0 Å². The van der Waals surface area contributed by atoms with Gasteiger partial charge in [0.15, 0.2) is 23.2 Å². The van der Waals surface area contributed by atoms with E-state index in [1.807, 2.05) is 6.92 Å². The van der Waals surface area contributed by atoms with E-state index >= 15 is 4.39 Å². The highest BCUT2D eigenvalue weighted by Gasteiger charge is 2.24. The maximum absolute atomic E-state index is 15.1. The van der Waals surface area contributed by atoms with E-state index in [9.17, 15) is 14.7 Å². The SMILES string of the molecule is CCn1c(CO)nn(-c2nc(OC(C)C)c(C(=O)Cc3c(C)ccnc3C)cc2F)c1=O. The minimum Gasteiger partial charge on any atom is -0.474 e. The molecule has 0 radical (unpaired) electrons. The number of pyridine rings is 2. The maximum atomic E-state index is 15.1. The lowest BCUT2D eigenvalue weighted by Crippen LogP contribution is -2.26. The first kappa shape index (κ1) is 23.3. The zero-order valence-corrected chi connectivity index (χ0v) is 18.7. The Kier molecular flexibility index (Phi) is 6.83. The van der Waals surface area contributed by atoms with Crippen LogP contribution in [0.2, 0.25) is 0 Å². The lowest BCUT2D eigenvalue weighted by atomic mass is 9.99. The molecule has 0 atom stereocenters. The van der Waals surface area contributed by atoms with E-state index < -0.39 is 23.9 Å². The second kappa shape index (κ2) is 9.39. The molecule has 1 N–H and O–H groups in total. The molecule has 0 aliphatic heterocycles. The normalized spacial score (nSPS) is 11.2. The Morgan fingerprint density at radius 3 is 2.59 bits per heavy atom. The molecule has 0 fully saturated rings. The molecule has 0 saturated carbocycles. The molecule has 0 aromatic carbocycles. The Hall–Kier alpha value is -3.40. The topological polar surface area (TPSA) is 112 Å². The van der Waals surface area contributed by atoms with Gasteiger partial charge in [0, 0.05) is 24.9 Å². The number of aryl methyl sites for hydroxylation is 2. The van der Waals surface area contributed by atoms with Gasteiger partial charge in [-0.2, -0.15) is 9.67 Å². The summed E-state index contributed by atoms with van der Waals surface area (Å²) in [7, 11) is 0. The van der Waals surface area contributed by atoms with Gasteiger partial charge in [-0.05, 0) is 57.9 Å². The number of hydrogen-bond donors (Lipinski definition) is 1. The van der Waals surface area contributed by atoms with Crippen LogP contribution in [0.4, 0.5) is 4.39 Å². The molecule has 3 rings (SSSR count). The molecule has 10 heteroatoms. The van der Waals surface area contributed by atoms with Crippen molar-refractivity contribution in [2.45, 2.75) is 60.3 Å². The number of ketones is 1. The monoisotopic (exact) mass is 443 g/mol. The van der Waals surface area contributed by atoms with Crippen molar-refractivity contribution < 1.29 is 19.0 Å². The van der Waals surface area contributed by atoms with E-state index in [1.54, 1.807) is 40.0 Å². The fourth-order valence-corrected chi connectivity index (χ4v) is 3.38. The van der Waals surface area contributed by atoms with Crippen molar-refractivity contribution >= 4 is 5.78 Å². The number of Topliss-reactive ketones (excluding diaryl/α,β-unsaturated/α-hetero) is 1. The summed E-state index contributed by atoms with van der Waals surface area (Å²) in [5, 5.41) is 13.4. The molecule has 0 amide bonds. The maximum Gasteiger partial charge on any atom is 0.352 e. The van der Waals surface area contributed by atoms with E-state index in [1.165, 1.54) is 4.57 Å². The van der Waals surface area contributed by atoms with Crippen LogP contribution in [0.3, 0.4) is 0 Å². The number of rotatable bonds is 8. The van der Waals surface area contributed by atoms with Gasteiger partial charge in [0.1, 0.15) is 6.61 Å². The molecule has 0 saturated heterocycles. The number of aliphatic hydroxyl groups excluding tert-OH is 1. The highest BCUT2D eigenvalue weighted by molar-refractivity contribution is 5.99. The van der Waals surface area contributed by atoms with Crippen LogP contribution in [0.15, 0.2) is 23.1 Å². The number of nitrogens with zero attached hydrogens (tertiary/aromatic N) is 5. The first-order chi connectivity index (χ1) is 15.2. The summed E-state index contributed by atoms with van der Waals surface area (Å²) < 4.78 is 22.8. The first-order valence-electron chi connectivity index (χ1n) is 10.3.